The van der Waals surface area contributed by atoms with Crippen molar-refractivity contribution in [2.45, 2.75) is 13.8 Å². The van der Waals surface area contributed by atoms with E-state index in [4.69, 9.17) is 9.47 Å². The molecule has 2 aromatic rings. The fourth-order valence-corrected chi connectivity index (χ4v) is 4.95. The number of Topliss-reactive ketones (excluding diaryl/α,β-unsaturated/α-hetero) is 2. The lowest BCUT2D eigenvalue weighted by atomic mass is 9.92. The Labute approximate surface area is 174 Å². The molecule has 0 saturated carbocycles. The molecule has 8 nitrogen and oxygen atoms in total. The number of fused-ring (bicyclic) bond motifs is 2. The van der Waals surface area contributed by atoms with Gasteiger partial charge in [-0.1, -0.05) is 24.3 Å². The van der Waals surface area contributed by atoms with Gasteiger partial charge in [0.1, 0.15) is 5.70 Å². The molecule has 0 spiro atoms. The lowest BCUT2D eigenvalue weighted by Crippen LogP contribution is -2.37. The Morgan fingerprint density at radius 1 is 0.933 bits per heavy atom. The first kappa shape index (κ1) is 20.0. The fourth-order valence-electron chi connectivity index (χ4n) is 3.58. The summed E-state index contributed by atoms with van der Waals surface area (Å²) in [6, 6.07) is 10.8. The van der Waals surface area contributed by atoms with Crippen LogP contribution >= 0.6 is 0 Å². The Hall–Kier alpha value is -3.33. The summed E-state index contributed by atoms with van der Waals surface area (Å²) >= 11 is 0. The molecule has 0 saturated heterocycles. The molecule has 30 heavy (non-hydrogen) atoms. The van der Waals surface area contributed by atoms with Crippen molar-refractivity contribution in [1.29, 1.82) is 0 Å². The maximum Gasteiger partial charge on any atom is 0.268 e. The van der Waals surface area contributed by atoms with E-state index in [1.165, 1.54) is 24.3 Å². The zero-order valence-corrected chi connectivity index (χ0v) is 17.3. The summed E-state index contributed by atoms with van der Waals surface area (Å²) in [5, 5.41) is 0. The molecule has 1 N–H and O–H groups in total. The van der Waals surface area contributed by atoms with Crippen LogP contribution in [0.2, 0.25) is 0 Å². The van der Waals surface area contributed by atoms with Gasteiger partial charge in [0.05, 0.1) is 5.69 Å². The van der Waals surface area contributed by atoms with Crippen LogP contribution in [0.1, 0.15) is 34.6 Å². The van der Waals surface area contributed by atoms with E-state index >= 15 is 0 Å². The first-order valence-corrected chi connectivity index (χ1v) is 11.0. The molecule has 156 valence electrons. The highest BCUT2D eigenvalue weighted by atomic mass is 32.2. The van der Waals surface area contributed by atoms with Gasteiger partial charge in [-0.05, 0) is 26.0 Å². The van der Waals surface area contributed by atoms with Gasteiger partial charge in [-0.2, -0.15) is 0 Å². The zero-order valence-electron chi connectivity index (χ0n) is 16.5. The Bertz CT molecular complexity index is 1180. The minimum atomic E-state index is -4.37. The molecule has 1 heterocycles. The van der Waals surface area contributed by atoms with Crippen molar-refractivity contribution in [3.8, 4) is 11.5 Å². The van der Waals surface area contributed by atoms with E-state index in [-0.39, 0.29) is 29.3 Å². The summed E-state index contributed by atoms with van der Waals surface area (Å²) in [4.78, 5) is 27.5. The Morgan fingerprint density at radius 3 is 2.23 bits per heavy atom. The summed E-state index contributed by atoms with van der Waals surface area (Å²) in [6.07, 6.45) is 0. The summed E-state index contributed by atoms with van der Waals surface area (Å²) < 4.78 is 39.6. The predicted octanol–water partition coefficient (Wildman–Crippen LogP) is 2.79. The number of carbonyl (C=O) groups excluding carboxylic acids is 2. The average Bonchev–Trinajstić information content (AvgIpc) is 3.19. The number of benzene rings is 2. The third kappa shape index (κ3) is 3.21. The van der Waals surface area contributed by atoms with Gasteiger partial charge >= 0.3 is 0 Å². The Morgan fingerprint density at radius 2 is 1.57 bits per heavy atom. The predicted molar refractivity (Wildman–Crippen MR) is 110 cm³/mol. The molecule has 1 aliphatic heterocycles. The summed E-state index contributed by atoms with van der Waals surface area (Å²) in [7, 11) is -4.37. The van der Waals surface area contributed by atoms with Gasteiger partial charge in [0.15, 0.2) is 16.4 Å². The van der Waals surface area contributed by atoms with Gasteiger partial charge < -0.3 is 14.4 Å². The molecular formula is C21H20N2O6S. The molecule has 0 fully saturated rings. The van der Waals surface area contributed by atoms with Crippen molar-refractivity contribution in [2.75, 3.05) is 24.6 Å². The molecule has 4 rings (SSSR count). The van der Waals surface area contributed by atoms with Crippen LogP contribution in [-0.4, -0.2) is 44.8 Å². The monoisotopic (exact) mass is 428 g/mol. The SMILES string of the molecule is CCN(CC)C1=C(S(=O)(=O)Nc2ccc3c(c2)OCO3)C(=O)c2ccccc2C1=O. The fraction of sp³-hybridized carbons (Fsp3) is 0.238. The van der Waals surface area contributed by atoms with Crippen LogP contribution in [0.15, 0.2) is 53.1 Å². The largest absolute Gasteiger partial charge is 0.454 e. The Kier molecular flexibility index (Phi) is 4.98. The smallest absolute Gasteiger partial charge is 0.268 e. The maximum atomic E-state index is 13.3. The zero-order chi connectivity index (χ0) is 21.5. The van der Waals surface area contributed by atoms with Gasteiger partial charge in [0.25, 0.3) is 10.0 Å². The van der Waals surface area contributed by atoms with Gasteiger partial charge in [-0.3, -0.25) is 14.3 Å². The number of likely N-dealkylation sites (N-methyl/N-ethyl adjacent to an activating group) is 1. The summed E-state index contributed by atoms with van der Waals surface area (Å²) in [5.74, 6) is -0.302. The molecule has 0 bridgehead atoms. The molecule has 1 aliphatic carbocycles. The number of anilines is 1. The number of allylic oxidation sites excluding steroid dienone is 2. The van der Waals surface area contributed by atoms with Crippen LogP contribution in [0, 0.1) is 0 Å². The number of carbonyl (C=O) groups is 2. The Balaban J connectivity index is 1.84. The van der Waals surface area contributed by atoms with Crippen molar-refractivity contribution in [2.24, 2.45) is 0 Å². The van der Waals surface area contributed by atoms with E-state index in [1.807, 2.05) is 0 Å². The molecule has 2 aliphatic rings. The maximum absolute atomic E-state index is 13.3. The van der Waals surface area contributed by atoms with Gasteiger partial charge in [-0.25, -0.2) is 8.42 Å². The number of nitrogens with one attached hydrogen (secondary N) is 1. The third-order valence-electron chi connectivity index (χ3n) is 5.03. The molecule has 0 unspecified atom stereocenters. The minimum Gasteiger partial charge on any atom is -0.454 e. The van der Waals surface area contributed by atoms with Crippen LogP contribution < -0.4 is 14.2 Å². The number of hydrogen-bond acceptors (Lipinski definition) is 7. The number of hydrogen-bond donors (Lipinski definition) is 1. The second kappa shape index (κ2) is 7.49. The highest BCUT2D eigenvalue weighted by Crippen LogP contribution is 2.36. The molecule has 0 aromatic heterocycles. The van der Waals surface area contributed by atoms with Crippen LogP contribution in [0.25, 0.3) is 0 Å². The minimum absolute atomic E-state index is 0.0482. The van der Waals surface area contributed by atoms with Crippen LogP contribution in [0.3, 0.4) is 0 Å². The highest BCUT2D eigenvalue weighted by molar-refractivity contribution is 7.97. The second-order valence-electron chi connectivity index (χ2n) is 6.73. The molecular weight excluding hydrogens is 408 g/mol. The van der Waals surface area contributed by atoms with E-state index in [9.17, 15) is 18.0 Å². The standard InChI is InChI=1S/C21H20N2O6S/c1-3-23(4-2)18-19(24)14-7-5-6-8-15(14)20(25)21(18)30(26,27)22-13-9-10-16-17(11-13)29-12-28-16/h5-11,22H,3-4,12H2,1-2H3. The van der Waals surface area contributed by atoms with Crippen LogP contribution in [-0.2, 0) is 10.0 Å². The van der Waals surface area contributed by atoms with E-state index in [0.29, 0.717) is 24.6 Å². The van der Waals surface area contributed by atoms with Gasteiger partial charge in [0, 0.05) is 30.3 Å². The normalized spacial score (nSPS) is 15.3. The van der Waals surface area contributed by atoms with Crippen molar-refractivity contribution < 1.29 is 27.5 Å². The number of sulfonamides is 1. The van der Waals surface area contributed by atoms with E-state index in [2.05, 4.69) is 4.72 Å². The average molecular weight is 428 g/mol. The number of ketones is 2. The van der Waals surface area contributed by atoms with Crippen molar-refractivity contribution in [1.82, 2.24) is 4.90 Å². The molecule has 2 aromatic carbocycles. The first-order valence-electron chi connectivity index (χ1n) is 9.47. The van der Waals surface area contributed by atoms with Gasteiger partial charge in [-0.15, -0.1) is 0 Å². The van der Waals surface area contributed by atoms with E-state index in [0.717, 1.165) is 0 Å². The quantitative estimate of drug-likeness (QED) is 0.755. The number of ether oxygens (including phenoxy) is 2. The molecule has 0 radical (unpaired) electrons. The lowest BCUT2D eigenvalue weighted by Gasteiger charge is -2.29. The summed E-state index contributed by atoms with van der Waals surface area (Å²) in [6.45, 7) is 4.38. The number of rotatable bonds is 6. The molecule has 0 atom stereocenters. The van der Waals surface area contributed by atoms with Crippen LogP contribution in [0.4, 0.5) is 5.69 Å². The van der Waals surface area contributed by atoms with E-state index < -0.39 is 26.5 Å². The second-order valence-corrected chi connectivity index (χ2v) is 8.35. The van der Waals surface area contributed by atoms with E-state index in [1.54, 1.807) is 36.9 Å². The third-order valence-corrected chi connectivity index (χ3v) is 6.45. The van der Waals surface area contributed by atoms with Crippen LogP contribution in [0.5, 0.6) is 11.5 Å². The highest BCUT2D eigenvalue weighted by Gasteiger charge is 2.41. The van der Waals surface area contributed by atoms with Crippen molar-refractivity contribution in [3.05, 3.63) is 64.2 Å². The molecule has 9 heteroatoms. The van der Waals surface area contributed by atoms with Crippen molar-refractivity contribution in [3.63, 3.8) is 0 Å². The topological polar surface area (TPSA) is 102 Å². The lowest BCUT2D eigenvalue weighted by molar-refractivity contribution is 0.0949. The first-order chi connectivity index (χ1) is 14.4. The van der Waals surface area contributed by atoms with Crippen molar-refractivity contribution >= 4 is 27.3 Å². The summed E-state index contributed by atoms with van der Waals surface area (Å²) in [5.41, 5.74) is 0.359. The number of nitrogens with zero attached hydrogens (tertiary/aromatic N) is 1. The molecule has 0 amide bonds. The van der Waals surface area contributed by atoms with Gasteiger partial charge in [0.2, 0.25) is 18.4 Å².